The van der Waals surface area contributed by atoms with E-state index in [9.17, 15) is 23.3 Å². The summed E-state index contributed by atoms with van der Waals surface area (Å²) in [6.45, 7) is 0. The number of nitro groups is 1. The molecule has 34 heavy (non-hydrogen) atoms. The van der Waals surface area contributed by atoms with Gasteiger partial charge in [0, 0.05) is 37.0 Å². The van der Waals surface area contributed by atoms with Crippen LogP contribution >= 0.6 is 12.2 Å². The average molecular weight is 503 g/mol. The molecule has 11 heteroatoms. The lowest BCUT2D eigenvalue weighted by Gasteiger charge is -2.30. The van der Waals surface area contributed by atoms with Gasteiger partial charge >= 0.3 is 0 Å². The monoisotopic (exact) mass is 502 g/mol. The number of nitrogens with zero attached hydrogens (tertiary/aromatic N) is 2. The van der Waals surface area contributed by atoms with Crippen LogP contribution < -0.4 is 10.6 Å². The number of amides is 1. The van der Waals surface area contributed by atoms with Crippen molar-refractivity contribution in [2.75, 3.05) is 12.4 Å². The number of thiocarbonyl (C=S) groups is 1. The molecule has 2 aromatic carbocycles. The Kier molecular flexibility index (Phi) is 8.48. The van der Waals surface area contributed by atoms with Gasteiger partial charge in [0.1, 0.15) is 0 Å². The number of anilines is 1. The number of nitro benzene ring substituents is 1. The van der Waals surface area contributed by atoms with Gasteiger partial charge in [-0.2, -0.15) is 4.31 Å². The summed E-state index contributed by atoms with van der Waals surface area (Å²) in [4.78, 5) is 22.5. The minimum atomic E-state index is -3.59. The number of hydrogen-bond acceptors (Lipinski definition) is 6. The average Bonchev–Trinajstić information content (AvgIpc) is 2.83. The smallest absolute Gasteiger partial charge is 0.269 e. The first-order chi connectivity index (χ1) is 16.2. The minimum absolute atomic E-state index is 0.0263. The second-order valence-electron chi connectivity index (χ2n) is 7.96. The third-order valence-electron chi connectivity index (χ3n) is 5.65. The van der Waals surface area contributed by atoms with Crippen molar-refractivity contribution in [2.24, 2.45) is 0 Å². The maximum atomic E-state index is 12.9. The molecule has 1 saturated carbocycles. The van der Waals surface area contributed by atoms with Crippen molar-refractivity contribution in [1.82, 2.24) is 9.62 Å². The Balaban J connectivity index is 1.54. The Morgan fingerprint density at radius 2 is 1.71 bits per heavy atom. The summed E-state index contributed by atoms with van der Waals surface area (Å²) in [6, 6.07) is 12.0. The predicted molar refractivity (Wildman–Crippen MR) is 135 cm³/mol. The fourth-order valence-corrected chi connectivity index (χ4v) is 5.35. The molecule has 1 fully saturated rings. The van der Waals surface area contributed by atoms with Gasteiger partial charge in [-0.15, -0.1) is 0 Å². The van der Waals surface area contributed by atoms with Gasteiger partial charge in [-0.1, -0.05) is 19.3 Å². The molecule has 2 N–H and O–H groups in total. The number of benzene rings is 2. The van der Waals surface area contributed by atoms with Gasteiger partial charge < -0.3 is 5.32 Å². The van der Waals surface area contributed by atoms with E-state index in [2.05, 4.69) is 10.6 Å². The zero-order valence-electron chi connectivity index (χ0n) is 18.6. The maximum Gasteiger partial charge on any atom is 0.269 e. The number of carbonyl (C=O) groups is 1. The Morgan fingerprint density at radius 3 is 2.29 bits per heavy atom. The van der Waals surface area contributed by atoms with Gasteiger partial charge in [-0.05, 0) is 73.1 Å². The van der Waals surface area contributed by atoms with Crippen LogP contribution in [0.2, 0.25) is 0 Å². The van der Waals surface area contributed by atoms with Crippen LogP contribution in [-0.4, -0.2) is 41.8 Å². The Bertz CT molecular complexity index is 1170. The molecule has 9 nitrogen and oxygen atoms in total. The molecule has 0 heterocycles. The van der Waals surface area contributed by atoms with E-state index in [0.717, 1.165) is 32.1 Å². The summed E-state index contributed by atoms with van der Waals surface area (Å²) in [6.07, 6.45) is 7.74. The number of carbonyl (C=O) groups excluding carboxylic acids is 1. The molecule has 0 radical (unpaired) electrons. The lowest BCUT2D eigenvalue weighted by Crippen LogP contribution is -2.38. The van der Waals surface area contributed by atoms with Gasteiger partial charge in [-0.3, -0.25) is 20.2 Å². The van der Waals surface area contributed by atoms with Crippen molar-refractivity contribution in [3.63, 3.8) is 0 Å². The quantitative estimate of drug-likeness (QED) is 0.253. The van der Waals surface area contributed by atoms with Crippen LogP contribution in [0.15, 0.2) is 59.5 Å². The summed E-state index contributed by atoms with van der Waals surface area (Å²) >= 11 is 5.14. The zero-order chi connectivity index (χ0) is 24.7. The van der Waals surface area contributed by atoms with E-state index in [1.807, 2.05) is 0 Å². The molecule has 0 atom stereocenters. The molecular weight excluding hydrogens is 476 g/mol. The molecule has 3 rings (SSSR count). The van der Waals surface area contributed by atoms with Gasteiger partial charge in [0.15, 0.2) is 5.11 Å². The number of non-ortho nitro benzene ring substituents is 1. The molecular formula is C23H26N4O5S2. The maximum absolute atomic E-state index is 12.9. The second kappa shape index (κ2) is 11.3. The third kappa shape index (κ3) is 6.69. The van der Waals surface area contributed by atoms with Gasteiger partial charge in [0.05, 0.1) is 9.82 Å². The van der Waals surface area contributed by atoms with E-state index in [1.54, 1.807) is 19.2 Å². The second-order valence-corrected chi connectivity index (χ2v) is 10.4. The van der Waals surface area contributed by atoms with Crippen LogP contribution in [0.5, 0.6) is 0 Å². The molecule has 0 spiro atoms. The van der Waals surface area contributed by atoms with Gasteiger partial charge in [-0.25, -0.2) is 8.42 Å². The molecule has 0 aliphatic heterocycles. The van der Waals surface area contributed by atoms with Crippen LogP contribution in [-0.2, 0) is 14.8 Å². The Labute approximate surface area is 204 Å². The molecule has 0 bridgehead atoms. The van der Waals surface area contributed by atoms with Crippen molar-refractivity contribution < 1.29 is 18.1 Å². The van der Waals surface area contributed by atoms with Crippen molar-refractivity contribution in [1.29, 1.82) is 0 Å². The van der Waals surface area contributed by atoms with E-state index < -0.39 is 20.9 Å². The summed E-state index contributed by atoms with van der Waals surface area (Å²) in [7, 11) is -1.96. The highest BCUT2D eigenvalue weighted by atomic mass is 32.2. The SMILES string of the molecule is CN(C1CCCCC1)S(=O)(=O)c1ccc(NC(=S)NC(=O)/C=C/c2ccc([N+](=O)[O-])cc2)cc1. The third-order valence-corrected chi connectivity index (χ3v) is 7.77. The van der Waals surface area contributed by atoms with Crippen LogP contribution in [0.4, 0.5) is 11.4 Å². The first kappa shape index (κ1) is 25.5. The molecule has 1 aliphatic carbocycles. The van der Waals surface area contributed by atoms with Crippen molar-refractivity contribution >= 4 is 50.7 Å². The molecule has 1 aliphatic rings. The number of sulfonamides is 1. The van der Waals surface area contributed by atoms with Gasteiger partial charge in [0.25, 0.3) is 5.69 Å². The first-order valence-corrected chi connectivity index (χ1v) is 12.6. The van der Waals surface area contributed by atoms with E-state index >= 15 is 0 Å². The fraction of sp³-hybridized carbons (Fsp3) is 0.304. The Hall–Kier alpha value is -3.15. The molecule has 0 aromatic heterocycles. The number of nitrogens with one attached hydrogen (secondary N) is 2. The summed E-state index contributed by atoms with van der Waals surface area (Å²) in [5.41, 5.74) is 1.12. The van der Waals surface area contributed by atoms with Crippen molar-refractivity contribution in [3.8, 4) is 0 Å². The molecule has 0 unspecified atom stereocenters. The van der Waals surface area contributed by atoms with E-state index in [-0.39, 0.29) is 21.7 Å². The summed E-state index contributed by atoms with van der Waals surface area (Å²) in [5, 5.41) is 16.1. The molecule has 2 aromatic rings. The summed E-state index contributed by atoms with van der Waals surface area (Å²) in [5.74, 6) is -0.482. The highest BCUT2D eigenvalue weighted by molar-refractivity contribution is 7.89. The van der Waals surface area contributed by atoms with E-state index in [1.165, 1.54) is 52.9 Å². The molecule has 180 valence electrons. The van der Waals surface area contributed by atoms with E-state index in [4.69, 9.17) is 12.2 Å². The van der Waals surface area contributed by atoms with Crippen LogP contribution in [0.3, 0.4) is 0 Å². The standard InChI is InChI=1S/C23H26N4O5S2/c1-26(19-5-3-2-4-6-19)34(31,32)21-14-10-18(11-15-21)24-23(33)25-22(28)16-9-17-7-12-20(13-8-17)27(29)30/h7-16,19H,2-6H2,1H3,(H2,24,25,28,33)/b16-9+. The zero-order valence-corrected chi connectivity index (χ0v) is 20.3. The van der Waals surface area contributed by atoms with Crippen LogP contribution in [0.25, 0.3) is 6.08 Å². The van der Waals surface area contributed by atoms with Crippen LogP contribution in [0, 0.1) is 10.1 Å². The van der Waals surface area contributed by atoms with E-state index in [0.29, 0.717) is 11.3 Å². The predicted octanol–water partition coefficient (Wildman–Crippen LogP) is 4.07. The van der Waals surface area contributed by atoms with Crippen molar-refractivity contribution in [2.45, 2.75) is 43.0 Å². The lowest BCUT2D eigenvalue weighted by molar-refractivity contribution is -0.384. The fourth-order valence-electron chi connectivity index (χ4n) is 3.71. The van der Waals surface area contributed by atoms with Crippen LogP contribution in [0.1, 0.15) is 37.7 Å². The minimum Gasteiger partial charge on any atom is -0.332 e. The highest BCUT2D eigenvalue weighted by Gasteiger charge is 2.28. The van der Waals surface area contributed by atoms with Crippen molar-refractivity contribution in [3.05, 3.63) is 70.3 Å². The largest absolute Gasteiger partial charge is 0.332 e. The lowest BCUT2D eigenvalue weighted by atomic mass is 9.96. The normalized spacial score (nSPS) is 14.8. The Morgan fingerprint density at radius 1 is 1.09 bits per heavy atom. The van der Waals surface area contributed by atoms with Gasteiger partial charge in [0.2, 0.25) is 15.9 Å². The highest BCUT2D eigenvalue weighted by Crippen LogP contribution is 2.27. The topological polar surface area (TPSA) is 122 Å². The molecule has 1 amide bonds. The number of rotatable bonds is 7. The summed E-state index contributed by atoms with van der Waals surface area (Å²) < 4.78 is 27.3. The number of hydrogen-bond donors (Lipinski definition) is 2. The molecule has 0 saturated heterocycles. The first-order valence-electron chi connectivity index (χ1n) is 10.8.